The maximum atomic E-state index is 12.7. The van der Waals surface area contributed by atoms with E-state index in [-0.39, 0.29) is 5.91 Å². The third-order valence-corrected chi connectivity index (χ3v) is 4.76. The van der Waals surface area contributed by atoms with Crippen LogP contribution in [0, 0.1) is 5.92 Å². The topological polar surface area (TPSA) is 25.2 Å². The largest absolute Gasteiger partial charge is 0.342 e. The Morgan fingerprint density at radius 2 is 2.25 bits per heavy atom. The van der Waals surface area contributed by atoms with Gasteiger partial charge in [-0.1, -0.05) is 26.7 Å². The van der Waals surface area contributed by atoms with Gasteiger partial charge in [-0.25, -0.2) is 0 Å². The summed E-state index contributed by atoms with van der Waals surface area (Å²) in [6, 6.07) is 2.34. The molecule has 20 heavy (non-hydrogen) atoms. The molecule has 1 saturated carbocycles. The molecule has 3 nitrogen and oxygen atoms in total. The number of carbonyl (C=O) groups is 1. The van der Waals surface area contributed by atoms with E-state index in [9.17, 15) is 4.79 Å². The molecule has 4 heteroatoms. The fraction of sp³-hybridized carbons (Fsp3) is 0.688. The average Bonchev–Trinajstić information content (AvgIpc) is 2.78. The van der Waals surface area contributed by atoms with Crippen molar-refractivity contribution in [2.24, 2.45) is 5.92 Å². The molecule has 1 aromatic heterocycles. The summed E-state index contributed by atoms with van der Waals surface area (Å²) in [6.07, 6.45) is 7.86. The molecule has 2 unspecified atom stereocenters. The summed E-state index contributed by atoms with van der Waals surface area (Å²) < 4.78 is 3.05. The molecule has 1 amide bonds. The molecule has 0 aliphatic heterocycles. The zero-order valence-electron chi connectivity index (χ0n) is 12.7. The van der Waals surface area contributed by atoms with E-state index in [0.29, 0.717) is 6.04 Å². The van der Waals surface area contributed by atoms with Crippen LogP contribution in [0.4, 0.5) is 0 Å². The Morgan fingerprint density at radius 3 is 2.90 bits per heavy atom. The summed E-state index contributed by atoms with van der Waals surface area (Å²) >= 11 is 3.48. The molecule has 0 spiro atoms. The molecular formula is C16H25BrN2O. The fourth-order valence-corrected chi connectivity index (χ4v) is 3.64. The lowest BCUT2D eigenvalue weighted by atomic mass is 9.86. The Labute approximate surface area is 130 Å². The third kappa shape index (κ3) is 3.46. The minimum Gasteiger partial charge on any atom is -0.342 e. The Bertz CT molecular complexity index is 469. The first-order valence-corrected chi connectivity index (χ1v) is 8.45. The minimum atomic E-state index is 0.156. The standard InChI is InChI=1S/C16H25BrN2O/c1-4-8-19-11-13(17)10-15(19)16(20)18(3)14-7-5-6-12(2)9-14/h10-12,14H,4-9H2,1-3H3. The second-order valence-corrected chi connectivity index (χ2v) is 6.99. The van der Waals surface area contributed by atoms with Gasteiger partial charge in [0.25, 0.3) is 5.91 Å². The van der Waals surface area contributed by atoms with E-state index >= 15 is 0 Å². The van der Waals surface area contributed by atoms with Gasteiger partial charge < -0.3 is 9.47 Å². The van der Waals surface area contributed by atoms with Crippen LogP contribution in [-0.4, -0.2) is 28.5 Å². The van der Waals surface area contributed by atoms with Gasteiger partial charge in [0.2, 0.25) is 0 Å². The van der Waals surface area contributed by atoms with Crippen LogP contribution >= 0.6 is 15.9 Å². The summed E-state index contributed by atoms with van der Waals surface area (Å²) in [5.41, 5.74) is 0.805. The molecule has 0 saturated heterocycles. The van der Waals surface area contributed by atoms with E-state index in [1.165, 1.54) is 12.8 Å². The molecule has 1 fully saturated rings. The molecule has 0 N–H and O–H groups in total. The number of carbonyl (C=O) groups excluding carboxylic acids is 1. The highest BCUT2D eigenvalue weighted by Crippen LogP contribution is 2.28. The van der Waals surface area contributed by atoms with Crippen molar-refractivity contribution in [3.05, 3.63) is 22.4 Å². The van der Waals surface area contributed by atoms with Gasteiger partial charge in [0.05, 0.1) is 0 Å². The molecule has 112 valence electrons. The normalized spacial score (nSPS) is 22.8. The minimum absolute atomic E-state index is 0.156. The molecule has 1 aliphatic rings. The summed E-state index contributed by atoms with van der Waals surface area (Å²) in [6.45, 7) is 5.32. The lowest BCUT2D eigenvalue weighted by Crippen LogP contribution is -2.40. The van der Waals surface area contributed by atoms with E-state index in [1.54, 1.807) is 0 Å². The van der Waals surface area contributed by atoms with Gasteiger partial charge in [-0.2, -0.15) is 0 Å². The molecule has 0 bridgehead atoms. The number of amides is 1. The number of nitrogens with zero attached hydrogens (tertiary/aromatic N) is 2. The molecule has 1 heterocycles. The van der Waals surface area contributed by atoms with Crippen molar-refractivity contribution in [2.45, 2.75) is 58.5 Å². The Hall–Kier alpha value is -0.770. The second-order valence-electron chi connectivity index (χ2n) is 6.08. The van der Waals surface area contributed by atoms with Crippen LogP contribution < -0.4 is 0 Å². The highest BCUT2D eigenvalue weighted by molar-refractivity contribution is 9.10. The maximum absolute atomic E-state index is 12.7. The van der Waals surface area contributed by atoms with Gasteiger partial charge in [-0.3, -0.25) is 4.79 Å². The average molecular weight is 341 g/mol. The van der Waals surface area contributed by atoms with E-state index in [0.717, 1.165) is 41.9 Å². The molecule has 2 rings (SSSR count). The maximum Gasteiger partial charge on any atom is 0.270 e. The van der Waals surface area contributed by atoms with E-state index in [2.05, 4.69) is 34.3 Å². The molecule has 2 atom stereocenters. The van der Waals surface area contributed by atoms with E-state index in [1.807, 2.05) is 24.2 Å². The van der Waals surface area contributed by atoms with Crippen molar-refractivity contribution in [1.82, 2.24) is 9.47 Å². The van der Waals surface area contributed by atoms with Crippen LogP contribution in [0.25, 0.3) is 0 Å². The van der Waals surface area contributed by atoms with Crippen LogP contribution in [-0.2, 0) is 6.54 Å². The van der Waals surface area contributed by atoms with Crippen molar-refractivity contribution < 1.29 is 4.79 Å². The van der Waals surface area contributed by atoms with Crippen molar-refractivity contribution in [1.29, 1.82) is 0 Å². The number of hydrogen-bond acceptors (Lipinski definition) is 1. The van der Waals surface area contributed by atoms with Gasteiger partial charge in [0.1, 0.15) is 5.69 Å². The number of aryl methyl sites for hydroxylation is 1. The van der Waals surface area contributed by atoms with Crippen molar-refractivity contribution >= 4 is 21.8 Å². The van der Waals surface area contributed by atoms with E-state index < -0.39 is 0 Å². The van der Waals surface area contributed by atoms with Crippen molar-refractivity contribution in [2.75, 3.05) is 7.05 Å². The first-order chi connectivity index (χ1) is 9.52. The molecule has 1 aromatic rings. The predicted octanol–water partition coefficient (Wildman–Crippen LogP) is 4.31. The Kier molecular flexibility index (Phi) is 5.30. The molecule has 0 radical (unpaired) electrons. The first-order valence-electron chi connectivity index (χ1n) is 7.65. The number of halogens is 1. The third-order valence-electron chi connectivity index (χ3n) is 4.32. The summed E-state index contributed by atoms with van der Waals surface area (Å²) in [4.78, 5) is 14.7. The summed E-state index contributed by atoms with van der Waals surface area (Å²) in [5.74, 6) is 0.890. The van der Waals surface area contributed by atoms with Gasteiger partial charge >= 0.3 is 0 Å². The fourth-order valence-electron chi connectivity index (χ4n) is 3.18. The van der Waals surface area contributed by atoms with Gasteiger partial charge in [0, 0.05) is 30.3 Å². The van der Waals surface area contributed by atoms with Crippen LogP contribution in [0.15, 0.2) is 16.7 Å². The zero-order chi connectivity index (χ0) is 14.7. The Balaban J connectivity index is 2.13. The van der Waals surface area contributed by atoms with Gasteiger partial charge in [0.15, 0.2) is 0 Å². The second kappa shape index (κ2) is 6.79. The Morgan fingerprint density at radius 1 is 1.50 bits per heavy atom. The lowest BCUT2D eigenvalue weighted by molar-refractivity contribution is 0.0661. The van der Waals surface area contributed by atoms with E-state index in [4.69, 9.17) is 0 Å². The lowest BCUT2D eigenvalue weighted by Gasteiger charge is -2.34. The highest BCUT2D eigenvalue weighted by Gasteiger charge is 2.27. The molecule has 0 aromatic carbocycles. The monoisotopic (exact) mass is 340 g/mol. The molecule has 1 aliphatic carbocycles. The smallest absolute Gasteiger partial charge is 0.270 e. The van der Waals surface area contributed by atoms with Crippen molar-refractivity contribution in [3.8, 4) is 0 Å². The van der Waals surface area contributed by atoms with Crippen LogP contribution in [0.1, 0.15) is 56.4 Å². The van der Waals surface area contributed by atoms with Gasteiger partial charge in [-0.05, 0) is 47.2 Å². The SMILES string of the molecule is CCCn1cc(Br)cc1C(=O)N(C)C1CCCC(C)C1. The van der Waals surface area contributed by atoms with Crippen LogP contribution in [0.2, 0.25) is 0 Å². The number of aromatic nitrogens is 1. The summed E-state index contributed by atoms with van der Waals surface area (Å²) in [5, 5.41) is 0. The van der Waals surface area contributed by atoms with Crippen molar-refractivity contribution in [3.63, 3.8) is 0 Å². The number of rotatable bonds is 4. The predicted molar refractivity (Wildman–Crippen MR) is 85.9 cm³/mol. The summed E-state index contributed by atoms with van der Waals surface area (Å²) in [7, 11) is 1.96. The first kappa shape index (κ1) is 15.6. The number of hydrogen-bond donors (Lipinski definition) is 0. The van der Waals surface area contributed by atoms with Crippen LogP contribution in [0.5, 0.6) is 0 Å². The quantitative estimate of drug-likeness (QED) is 0.801. The zero-order valence-corrected chi connectivity index (χ0v) is 14.3. The molecular weight excluding hydrogens is 316 g/mol. The van der Waals surface area contributed by atoms with Crippen LogP contribution in [0.3, 0.4) is 0 Å². The highest BCUT2D eigenvalue weighted by atomic mass is 79.9. The van der Waals surface area contributed by atoms with Gasteiger partial charge in [-0.15, -0.1) is 0 Å².